The highest BCUT2D eigenvalue weighted by Crippen LogP contribution is 2.18. The van der Waals surface area contributed by atoms with Gasteiger partial charge in [0, 0.05) is 36.8 Å². The van der Waals surface area contributed by atoms with E-state index in [9.17, 15) is 0 Å². The number of para-hydroxylation sites is 1. The van der Waals surface area contributed by atoms with Crippen molar-refractivity contribution in [1.82, 2.24) is 20.2 Å². The summed E-state index contributed by atoms with van der Waals surface area (Å²) in [6, 6.07) is 8.33. The van der Waals surface area contributed by atoms with Crippen LogP contribution in [0.25, 0.3) is 10.9 Å². The van der Waals surface area contributed by atoms with Crippen LogP contribution in [0.2, 0.25) is 0 Å². The zero-order valence-electron chi connectivity index (χ0n) is 14.0. The van der Waals surface area contributed by atoms with Gasteiger partial charge in [0.25, 0.3) is 0 Å². The lowest BCUT2D eigenvalue weighted by molar-refractivity contribution is 0.120. The number of hydrogen-bond donors (Lipinski definition) is 3. The van der Waals surface area contributed by atoms with Gasteiger partial charge in [-0.2, -0.15) is 10.1 Å². The largest absolute Gasteiger partial charge is 0.376 e. The molecule has 1 aliphatic rings. The van der Waals surface area contributed by atoms with Gasteiger partial charge in [-0.3, -0.25) is 0 Å². The van der Waals surface area contributed by atoms with Gasteiger partial charge in [0.1, 0.15) is 0 Å². The monoisotopic (exact) mass is 338 g/mol. The average molecular weight is 338 g/mol. The van der Waals surface area contributed by atoms with Gasteiger partial charge in [-0.15, -0.1) is 5.10 Å². The number of anilines is 2. The molecule has 0 radical (unpaired) electrons. The van der Waals surface area contributed by atoms with Crippen molar-refractivity contribution in [2.45, 2.75) is 25.4 Å². The summed E-state index contributed by atoms with van der Waals surface area (Å²) >= 11 is 0. The summed E-state index contributed by atoms with van der Waals surface area (Å²) in [5.74, 6) is 1.26. The Morgan fingerprint density at radius 2 is 2.20 bits per heavy atom. The summed E-state index contributed by atoms with van der Waals surface area (Å²) < 4.78 is 5.59. The van der Waals surface area contributed by atoms with Crippen LogP contribution in [0.3, 0.4) is 0 Å². The Bertz CT molecular complexity index is 827. The van der Waals surface area contributed by atoms with Crippen LogP contribution in [0.5, 0.6) is 0 Å². The summed E-state index contributed by atoms with van der Waals surface area (Å²) in [6.07, 6.45) is 7.09. The van der Waals surface area contributed by atoms with Crippen molar-refractivity contribution in [3.05, 3.63) is 42.2 Å². The second kappa shape index (κ2) is 7.48. The molecule has 1 unspecified atom stereocenters. The quantitative estimate of drug-likeness (QED) is 0.614. The molecule has 130 valence electrons. The second-order valence-corrected chi connectivity index (χ2v) is 6.22. The van der Waals surface area contributed by atoms with E-state index >= 15 is 0 Å². The summed E-state index contributed by atoms with van der Waals surface area (Å²) in [4.78, 5) is 7.76. The molecule has 7 heteroatoms. The Morgan fingerprint density at radius 3 is 3.12 bits per heavy atom. The van der Waals surface area contributed by atoms with Gasteiger partial charge in [0.15, 0.2) is 5.82 Å². The minimum Gasteiger partial charge on any atom is -0.376 e. The van der Waals surface area contributed by atoms with Crippen LogP contribution < -0.4 is 10.6 Å². The molecule has 0 spiro atoms. The fraction of sp³-hybridized carbons (Fsp3) is 0.389. The number of H-pyrrole nitrogens is 1. The minimum atomic E-state index is 0.252. The summed E-state index contributed by atoms with van der Waals surface area (Å²) in [7, 11) is 0. The van der Waals surface area contributed by atoms with Crippen molar-refractivity contribution in [2.24, 2.45) is 0 Å². The molecule has 7 nitrogen and oxygen atoms in total. The normalized spacial score (nSPS) is 17.0. The summed E-state index contributed by atoms with van der Waals surface area (Å²) in [5.41, 5.74) is 2.46. The Morgan fingerprint density at radius 1 is 1.24 bits per heavy atom. The molecule has 3 heterocycles. The number of rotatable bonds is 7. The molecule has 0 saturated carbocycles. The standard InChI is InChI=1S/C18H22N6O/c1-2-6-16-15(5-1)13(10-20-16)7-8-19-17-12-22-24-18(23-17)21-11-14-4-3-9-25-14/h1-2,5-6,10,12,14,20H,3-4,7-9,11H2,(H2,19,21,23,24). The van der Waals surface area contributed by atoms with Crippen LogP contribution in [0.1, 0.15) is 18.4 Å². The smallest absolute Gasteiger partial charge is 0.244 e. The third kappa shape index (κ3) is 3.88. The van der Waals surface area contributed by atoms with Gasteiger partial charge in [-0.1, -0.05) is 18.2 Å². The summed E-state index contributed by atoms with van der Waals surface area (Å²) in [5, 5.41) is 15.8. The molecule has 1 atom stereocenters. The predicted octanol–water partition coefficient (Wildman–Crippen LogP) is 2.60. The maximum absolute atomic E-state index is 5.59. The number of aromatic nitrogens is 4. The highest BCUT2D eigenvalue weighted by Gasteiger charge is 2.15. The molecule has 3 N–H and O–H groups in total. The molecule has 0 bridgehead atoms. The molecule has 2 aromatic heterocycles. The molecule has 1 fully saturated rings. The van der Waals surface area contributed by atoms with Crippen molar-refractivity contribution >= 4 is 22.7 Å². The van der Waals surface area contributed by atoms with E-state index in [4.69, 9.17) is 4.74 Å². The van der Waals surface area contributed by atoms with E-state index < -0.39 is 0 Å². The van der Waals surface area contributed by atoms with Gasteiger partial charge >= 0.3 is 0 Å². The van der Waals surface area contributed by atoms with E-state index in [0.29, 0.717) is 5.95 Å². The number of hydrogen-bond acceptors (Lipinski definition) is 6. The van der Waals surface area contributed by atoms with Gasteiger partial charge in [-0.05, 0) is 30.9 Å². The van der Waals surface area contributed by atoms with E-state index in [1.165, 1.54) is 16.5 Å². The lowest BCUT2D eigenvalue weighted by atomic mass is 10.1. The number of ether oxygens (including phenoxy) is 1. The maximum Gasteiger partial charge on any atom is 0.244 e. The lowest BCUT2D eigenvalue weighted by Gasteiger charge is -2.11. The molecule has 1 aromatic carbocycles. The third-order valence-electron chi connectivity index (χ3n) is 4.45. The van der Waals surface area contributed by atoms with Gasteiger partial charge in [0.05, 0.1) is 12.3 Å². The van der Waals surface area contributed by atoms with Crippen LogP contribution in [-0.4, -0.2) is 46.0 Å². The molecular weight excluding hydrogens is 316 g/mol. The first-order valence-corrected chi connectivity index (χ1v) is 8.72. The highest BCUT2D eigenvalue weighted by atomic mass is 16.5. The first-order chi connectivity index (χ1) is 12.4. The van der Waals surface area contributed by atoms with Crippen molar-refractivity contribution in [3.8, 4) is 0 Å². The summed E-state index contributed by atoms with van der Waals surface area (Å²) in [6.45, 7) is 2.35. The number of nitrogens with one attached hydrogen (secondary N) is 3. The Labute approximate surface area is 146 Å². The molecular formula is C18H22N6O. The first kappa shape index (κ1) is 15.8. The molecule has 3 aromatic rings. The van der Waals surface area contributed by atoms with Crippen molar-refractivity contribution in [3.63, 3.8) is 0 Å². The fourth-order valence-electron chi connectivity index (χ4n) is 3.14. The first-order valence-electron chi connectivity index (χ1n) is 8.72. The fourth-order valence-corrected chi connectivity index (χ4v) is 3.14. The van der Waals surface area contributed by atoms with Crippen molar-refractivity contribution in [1.29, 1.82) is 0 Å². The van der Waals surface area contributed by atoms with Gasteiger partial charge in [0.2, 0.25) is 5.95 Å². The van der Waals surface area contributed by atoms with E-state index in [0.717, 1.165) is 44.8 Å². The Hall–Kier alpha value is -2.67. The van der Waals surface area contributed by atoms with E-state index in [1.54, 1.807) is 6.20 Å². The van der Waals surface area contributed by atoms with Gasteiger partial charge in [-0.25, -0.2) is 0 Å². The van der Waals surface area contributed by atoms with E-state index in [2.05, 4.69) is 55.2 Å². The molecule has 1 saturated heterocycles. The lowest BCUT2D eigenvalue weighted by Crippen LogP contribution is -2.20. The number of aromatic amines is 1. The Kier molecular flexibility index (Phi) is 4.74. The molecule has 25 heavy (non-hydrogen) atoms. The molecule has 0 amide bonds. The minimum absolute atomic E-state index is 0.252. The van der Waals surface area contributed by atoms with Crippen molar-refractivity contribution < 1.29 is 4.74 Å². The van der Waals surface area contributed by atoms with Crippen LogP contribution in [0.4, 0.5) is 11.8 Å². The molecule has 0 aliphatic carbocycles. The number of fused-ring (bicyclic) bond motifs is 1. The topological polar surface area (TPSA) is 87.8 Å². The van der Waals surface area contributed by atoms with E-state index in [-0.39, 0.29) is 6.10 Å². The maximum atomic E-state index is 5.59. The number of nitrogens with zero attached hydrogens (tertiary/aromatic N) is 3. The SMILES string of the molecule is c1ccc2c(CCNc3cnnc(NCC4CCCO4)n3)c[nH]c2c1. The Balaban J connectivity index is 1.31. The average Bonchev–Trinajstić information content (AvgIpc) is 3.31. The third-order valence-corrected chi connectivity index (χ3v) is 4.45. The zero-order chi connectivity index (χ0) is 16.9. The van der Waals surface area contributed by atoms with Crippen LogP contribution >= 0.6 is 0 Å². The molecule has 1 aliphatic heterocycles. The van der Waals surface area contributed by atoms with Crippen LogP contribution in [0.15, 0.2) is 36.7 Å². The molecule has 4 rings (SSSR count). The predicted molar refractivity (Wildman–Crippen MR) is 97.8 cm³/mol. The van der Waals surface area contributed by atoms with Crippen LogP contribution in [-0.2, 0) is 11.2 Å². The van der Waals surface area contributed by atoms with E-state index in [1.807, 2.05) is 6.07 Å². The van der Waals surface area contributed by atoms with Crippen molar-refractivity contribution in [2.75, 3.05) is 30.3 Å². The number of benzene rings is 1. The second-order valence-electron chi connectivity index (χ2n) is 6.22. The highest BCUT2D eigenvalue weighted by molar-refractivity contribution is 5.83. The van der Waals surface area contributed by atoms with Gasteiger partial charge < -0.3 is 20.4 Å². The zero-order valence-corrected chi connectivity index (χ0v) is 14.0. The van der Waals surface area contributed by atoms with Crippen LogP contribution in [0, 0.1) is 0 Å².